The molecule has 18 heavy (non-hydrogen) atoms. The van der Waals surface area contributed by atoms with Gasteiger partial charge in [0.25, 0.3) is 0 Å². The third-order valence-electron chi connectivity index (χ3n) is 2.95. The standard InChI is InChI=1S/C14H22N2O2/c1-9-5-6-10(2)12(7-9)18-11(3)8-14(4,16)13(15)17/h5-7,11H,8,16H2,1-4H3,(H2,15,17). The van der Waals surface area contributed by atoms with Crippen LogP contribution in [0, 0.1) is 13.8 Å². The lowest BCUT2D eigenvalue weighted by molar-refractivity contribution is -0.123. The molecule has 4 nitrogen and oxygen atoms in total. The zero-order chi connectivity index (χ0) is 13.9. The number of hydrogen-bond donors (Lipinski definition) is 2. The Balaban J connectivity index is 2.73. The van der Waals surface area contributed by atoms with Gasteiger partial charge in [-0.3, -0.25) is 4.79 Å². The number of rotatable bonds is 5. The van der Waals surface area contributed by atoms with Crippen molar-refractivity contribution >= 4 is 5.91 Å². The molecule has 1 aromatic carbocycles. The highest BCUT2D eigenvalue weighted by Gasteiger charge is 2.28. The molecule has 0 heterocycles. The Hall–Kier alpha value is -1.55. The van der Waals surface area contributed by atoms with E-state index in [0.29, 0.717) is 6.42 Å². The van der Waals surface area contributed by atoms with Crippen molar-refractivity contribution in [1.29, 1.82) is 0 Å². The van der Waals surface area contributed by atoms with Crippen LogP contribution in [0.5, 0.6) is 5.75 Å². The van der Waals surface area contributed by atoms with Crippen LogP contribution in [0.1, 0.15) is 31.4 Å². The lowest BCUT2D eigenvalue weighted by atomic mass is 9.95. The number of aryl methyl sites for hydroxylation is 2. The van der Waals surface area contributed by atoms with Gasteiger partial charge in [-0.05, 0) is 44.9 Å². The van der Waals surface area contributed by atoms with Gasteiger partial charge >= 0.3 is 0 Å². The third kappa shape index (κ3) is 3.74. The number of carbonyl (C=O) groups is 1. The van der Waals surface area contributed by atoms with Crippen molar-refractivity contribution in [3.05, 3.63) is 29.3 Å². The van der Waals surface area contributed by atoms with E-state index in [2.05, 4.69) is 0 Å². The Bertz CT molecular complexity index is 441. The van der Waals surface area contributed by atoms with E-state index in [9.17, 15) is 4.79 Å². The number of ether oxygens (including phenoxy) is 1. The van der Waals surface area contributed by atoms with E-state index in [1.807, 2.05) is 39.0 Å². The van der Waals surface area contributed by atoms with E-state index < -0.39 is 11.4 Å². The molecule has 0 saturated heterocycles. The fraction of sp³-hybridized carbons (Fsp3) is 0.500. The van der Waals surface area contributed by atoms with E-state index >= 15 is 0 Å². The maximum atomic E-state index is 11.2. The van der Waals surface area contributed by atoms with Gasteiger partial charge in [0, 0.05) is 6.42 Å². The van der Waals surface area contributed by atoms with Crippen molar-refractivity contribution in [1.82, 2.24) is 0 Å². The topological polar surface area (TPSA) is 78.3 Å². The molecule has 100 valence electrons. The quantitative estimate of drug-likeness (QED) is 0.834. The summed E-state index contributed by atoms with van der Waals surface area (Å²) in [5.74, 6) is 0.307. The van der Waals surface area contributed by atoms with Gasteiger partial charge in [0.1, 0.15) is 5.75 Å². The minimum absolute atomic E-state index is 0.173. The van der Waals surface area contributed by atoms with Gasteiger partial charge in [-0.1, -0.05) is 12.1 Å². The first-order chi connectivity index (χ1) is 8.22. The van der Waals surface area contributed by atoms with Crippen molar-refractivity contribution in [3.8, 4) is 5.75 Å². The summed E-state index contributed by atoms with van der Waals surface area (Å²) in [7, 11) is 0. The number of primary amides is 1. The molecular weight excluding hydrogens is 228 g/mol. The second-order valence-electron chi connectivity index (χ2n) is 5.18. The normalized spacial score (nSPS) is 15.8. The predicted octanol–water partition coefficient (Wildman–Crippen LogP) is 1.66. The van der Waals surface area contributed by atoms with Crippen LogP contribution in [-0.2, 0) is 4.79 Å². The van der Waals surface area contributed by atoms with E-state index in [1.54, 1.807) is 6.92 Å². The molecule has 0 aliphatic heterocycles. The van der Waals surface area contributed by atoms with Crippen LogP contribution in [0.2, 0.25) is 0 Å². The number of amides is 1. The minimum Gasteiger partial charge on any atom is -0.490 e. The second-order valence-corrected chi connectivity index (χ2v) is 5.18. The zero-order valence-electron chi connectivity index (χ0n) is 11.5. The molecule has 0 saturated carbocycles. The molecular formula is C14H22N2O2. The highest BCUT2D eigenvalue weighted by Crippen LogP contribution is 2.22. The molecule has 0 aliphatic carbocycles. The van der Waals surface area contributed by atoms with Gasteiger partial charge in [0.15, 0.2) is 0 Å². The molecule has 1 aromatic rings. The second kappa shape index (κ2) is 5.40. The van der Waals surface area contributed by atoms with E-state index in [0.717, 1.165) is 16.9 Å². The highest BCUT2D eigenvalue weighted by atomic mass is 16.5. The average Bonchev–Trinajstić information content (AvgIpc) is 2.22. The van der Waals surface area contributed by atoms with E-state index in [-0.39, 0.29) is 6.10 Å². The Kier molecular flexibility index (Phi) is 4.35. The van der Waals surface area contributed by atoms with Crippen molar-refractivity contribution in [2.75, 3.05) is 0 Å². The van der Waals surface area contributed by atoms with Crippen LogP contribution in [-0.4, -0.2) is 17.6 Å². The molecule has 4 heteroatoms. The van der Waals surface area contributed by atoms with Gasteiger partial charge < -0.3 is 16.2 Å². The van der Waals surface area contributed by atoms with E-state index in [4.69, 9.17) is 16.2 Å². The molecule has 0 aliphatic rings. The molecule has 0 fully saturated rings. The third-order valence-corrected chi connectivity index (χ3v) is 2.95. The number of carbonyl (C=O) groups excluding carboxylic acids is 1. The Labute approximate surface area is 108 Å². The first-order valence-electron chi connectivity index (χ1n) is 6.05. The molecule has 0 bridgehead atoms. The first-order valence-corrected chi connectivity index (χ1v) is 6.05. The maximum absolute atomic E-state index is 11.2. The minimum atomic E-state index is -1.04. The lowest BCUT2D eigenvalue weighted by Crippen LogP contribution is -2.51. The van der Waals surface area contributed by atoms with Crippen molar-refractivity contribution in [3.63, 3.8) is 0 Å². The largest absolute Gasteiger partial charge is 0.490 e. The molecule has 2 unspecified atom stereocenters. The smallest absolute Gasteiger partial charge is 0.237 e. The summed E-state index contributed by atoms with van der Waals surface area (Å²) in [4.78, 5) is 11.2. The maximum Gasteiger partial charge on any atom is 0.237 e. The Morgan fingerprint density at radius 2 is 2.06 bits per heavy atom. The Morgan fingerprint density at radius 1 is 1.44 bits per heavy atom. The van der Waals surface area contributed by atoms with Gasteiger partial charge in [-0.25, -0.2) is 0 Å². The molecule has 0 aromatic heterocycles. The summed E-state index contributed by atoms with van der Waals surface area (Å²) in [6.07, 6.45) is 0.211. The monoisotopic (exact) mass is 250 g/mol. The number of nitrogens with two attached hydrogens (primary N) is 2. The van der Waals surface area contributed by atoms with Gasteiger partial charge in [0.05, 0.1) is 11.6 Å². The number of hydrogen-bond acceptors (Lipinski definition) is 3. The summed E-state index contributed by atoms with van der Waals surface area (Å²) in [5, 5.41) is 0. The van der Waals surface area contributed by atoms with Gasteiger partial charge in [-0.15, -0.1) is 0 Å². The summed E-state index contributed by atoms with van der Waals surface area (Å²) < 4.78 is 5.82. The van der Waals surface area contributed by atoms with Crippen molar-refractivity contribution < 1.29 is 9.53 Å². The summed E-state index contributed by atoms with van der Waals surface area (Å²) in [5.41, 5.74) is 12.2. The van der Waals surface area contributed by atoms with Crippen LogP contribution < -0.4 is 16.2 Å². The molecule has 0 radical (unpaired) electrons. The lowest BCUT2D eigenvalue weighted by Gasteiger charge is -2.25. The van der Waals surface area contributed by atoms with Crippen LogP contribution >= 0.6 is 0 Å². The van der Waals surface area contributed by atoms with E-state index in [1.165, 1.54) is 0 Å². The molecule has 4 N–H and O–H groups in total. The average molecular weight is 250 g/mol. The molecule has 2 atom stereocenters. The SMILES string of the molecule is Cc1ccc(C)c(OC(C)CC(C)(N)C(N)=O)c1. The number of benzene rings is 1. The fourth-order valence-electron chi connectivity index (χ4n) is 1.79. The zero-order valence-corrected chi connectivity index (χ0v) is 11.5. The molecule has 1 rings (SSSR count). The molecule has 0 spiro atoms. The first kappa shape index (κ1) is 14.5. The predicted molar refractivity (Wildman–Crippen MR) is 72.4 cm³/mol. The van der Waals surface area contributed by atoms with Crippen LogP contribution in [0.4, 0.5) is 0 Å². The highest BCUT2D eigenvalue weighted by molar-refractivity contribution is 5.83. The van der Waals surface area contributed by atoms with Crippen LogP contribution in [0.25, 0.3) is 0 Å². The summed E-state index contributed by atoms with van der Waals surface area (Å²) >= 11 is 0. The van der Waals surface area contributed by atoms with Crippen LogP contribution in [0.3, 0.4) is 0 Å². The van der Waals surface area contributed by atoms with Gasteiger partial charge in [-0.2, -0.15) is 0 Å². The summed E-state index contributed by atoms with van der Waals surface area (Å²) in [6, 6.07) is 6.01. The Morgan fingerprint density at radius 3 is 2.61 bits per heavy atom. The van der Waals surface area contributed by atoms with Crippen molar-refractivity contribution in [2.24, 2.45) is 11.5 Å². The van der Waals surface area contributed by atoms with Crippen LogP contribution in [0.15, 0.2) is 18.2 Å². The molecule has 1 amide bonds. The fourth-order valence-corrected chi connectivity index (χ4v) is 1.79. The van der Waals surface area contributed by atoms with Gasteiger partial charge in [0.2, 0.25) is 5.91 Å². The summed E-state index contributed by atoms with van der Waals surface area (Å²) in [6.45, 7) is 7.50. The van der Waals surface area contributed by atoms with Crippen molar-refractivity contribution in [2.45, 2.75) is 45.8 Å².